The number of carbonyl (C=O) groups is 1. The highest BCUT2D eigenvalue weighted by atomic mass is 127. The van der Waals surface area contributed by atoms with Crippen LogP contribution in [0.15, 0.2) is 47.6 Å². The van der Waals surface area contributed by atoms with Crippen molar-refractivity contribution in [3.05, 3.63) is 57.2 Å². The van der Waals surface area contributed by atoms with Gasteiger partial charge in [-0.2, -0.15) is 5.10 Å². The Morgan fingerprint density at radius 1 is 1.32 bits per heavy atom. The van der Waals surface area contributed by atoms with Crippen molar-refractivity contribution >= 4 is 34.7 Å². The number of amides is 1. The second-order valence-electron chi connectivity index (χ2n) is 5.67. The van der Waals surface area contributed by atoms with E-state index in [0.717, 1.165) is 15.6 Å². The zero-order valence-corrected chi connectivity index (χ0v) is 16.4. The van der Waals surface area contributed by atoms with Crippen molar-refractivity contribution in [2.24, 2.45) is 5.10 Å². The van der Waals surface area contributed by atoms with E-state index in [1.165, 1.54) is 11.8 Å². The highest BCUT2D eigenvalue weighted by molar-refractivity contribution is 14.1. The minimum Gasteiger partial charge on any atom is -0.507 e. The average Bonchev–Trinajstić information content (AvgIpc) is 2.62. The minimum atomic E-state index is -0.337. The van der Waals surface area contributed by atoms with Crippen LogP contribution in [0.3, 0.4) is 0 Å². The van der Waals surface area contributed by atoms with E-state index in [1.807, 2.05) is 46.9 Å². The zero-order chi connectivity index (χ0) is 18.2. The Balaban J connectivity index is 1.80. The Kier molecular flexibility index (Phi) is 7.24. The van der Waals surface area contributed by atoms with Gasteiger partial charge in [0.05, 0.1) is 9.78 Å². The number of phenols is 1. The largest absolute Gasteiger partial charge is 0.507 e. The number of phenolic OH excluding ortho intramolecular Hbond substituents is 1. The molecule has 0 radical (unpaired) electrons. The molecule has 2 aromatic rings. The van der Waals surface area contributed by atoms with Crippen LogP contribution in [0.25, 0.3) is 0 Å². The summed E-state index contributed by atoms with van der Waals surface area (Å²) >= 11 is 2.02. The molecule has 0 spiro atoms. The third-order valence-electron chi connectivity index (χ3n) is 3.81. The van der Waals surface area contributed by atoms with Crippen LogP contribution in [-0.4, -0.2) is 23.8 Å². The molecule has 0 fully saturated rings. The number of hydrazone groups is 1. The zero-order valence-electron chi connectivity index (χ0n) is 14.2. The second-order valence-corrected chi connectivity index (χ2v) is 6.83. The van der Waals surface area contributed by atoms with Crippen LogP contribution in [-0.2, 0) is 4.79 Å². The third kappa shape index (κ3) is 6.04. The molecule has 132 valence electrons. The van der Waals surface area contributed by atoms with E-state index in [-0.39, 0.29) is 18.3 Å². The average molecular weight is 452 g/mol. The molecule has 25 heavy (non-hydrogen) atoms. The maximum atomic E-state index is 11.8. The molecule has 1 amide bonds. The molecule has 0 aliphatic carbocycles. The number of ether oxygens (including phenoxy) is 1. The van der Waals surface area contributed by atoms with E-state index in [1.54, 1.807) is 18.2 Å². The lowest BCUT2D eigenvalue weighted by molar-refractivity contribution is -0.123. The standard InChI is InChI=1S/C19H21IN2O3/c1-3-13(2)15-5-7-16(8-6-15)25-12-19(24)22-21-11-14-4-9-18(23)17(20)10-14/h4-11,13,23H,3,12H2,1-2H3,(H,22,24)/b21-11+/t13-/m1/s1. The Bertz CT molecular complexity index is 745. The number of halogens is 1. The van der Waals surface area contributed by atoms with E-state index >= 15 is 0 Å². The molecule has 0 unspecified atom stereocenters. The minimum absolute atomic E-state index is 0.104. The van der Waals surface area contributed by atoms with Crippen molar-refractivity contribution in [1.29, 1.82) is 0 Å². The van der Waals surface area contributed by atoms with Crippen LogP contribution in [0.4, 0.5) is 0 Å². The van der Waals surface area contributed by atoms with Gasteiger partial charge in [0.1, 0.15) is 11.5 Å². The Hall–Kier alpha value is -2.09. The SMILES string of the molecule is CC[C@@H](C)c1ccc(OCC(=O)N/N=C/c2ccc(O)c(I)c2)cc1. The summed E-state index contributed by atoms with van der Waals surface area (Å²) in [6, 6.07) is 12.8. The van der Waals surface area contributed by atoms with Crippen molar-refractivity contribution in [3.8, 4) is 11.5 Å². The van der Waals surface area contributed by atoms with Gasteiger partial charge in [0, 0.05) is 0 Å². The Labute approximate surface area is 161 Å². The van der Waals surface area contributed by atoms with Gasteiger partial charge in [0.15, 0.2) is 6.61 Å². The van der Waals surface area contributed by atoms with E-state index in [4.69, 9.17) is 4.74 Å². The van der Waals surface area contributed by atoms with E-state index in [9.17, 15) is 9.90 Å². The number of hydrogen-bond acceptors (Lipinski definition) is 4. The maximum absolute atomic E-state index is 11.8. The van der Waals surface area contributed by atoms with Crippen LogP contribution >= 0.6 is 22.6 Å². The molecule has 5 nitrogen and oxygen atoms in total. The molecule has 0 saturated carbocycles. The first-order valence-corrected chi connectivity index (χ1v) is 9.10. The Morgan fingerprint density at radius 2 is 2.04 bits per heavy atom. The van der Waals surface area contributed by atoms with Gasteiger partial charge in [-0.05, 0) is 76.4 Å². The molecule has 0 aliphatic heterocycles. The molecule has 2 aromatic carbocycles. The number of nitrogens with one attached hydrogen (secondary N) is 1. The van der Waals surface area contributed by atoms with Crippen molar-refractivity contribution in [1.82, 2.24) is 5.43 Å². The Morgan fingerprint density at radius 3 is 2.68 bits per heavy atom. The molecular formula is C19H21IN2O3. The molecular weight excluding hydrogens is 431 g/mol. The summed E-state index contributed by atoms with van der Waals surface area (Å²) in [5.41, 5.74) is 4.45. The lowest BCUT2D eigenvalue weighted by atomic mass is 9.99. The fourth-order valence-corrected chi connectivity index (χ4v) is 2.63. The van der Waals surface area contributed by atoms with Crippen LogP contribution < -0.4 is 10.2 Å². The smallest absolute Gasteiger partial charge is 0.277 e. The van der Waals surface area contributed by atoms with Gasteiger partial charge >= 0.3 is 0 Å². The molecule has 0 aliphatic rings. The lowest BCUT2D eigenvalue weighted by Gasteiger charge is -2.10. The van der Waals surface area contributed by atoms with Crippen LogP contribution in [0, 0.1) is 3.57 Å². The fourth-order valence-electron chi connectivity index (χ4n) is 2.09. The van der Waals surface area contributed by atoms with E-state index < -0.39 is 0 Å². The van der Waals surface area contributed by atoms with Crippen molar-refractivity contribution < 1.29 is 14.6 Å². The summed E-state index contributed by atoms with van der Waals surface area (Å²) in [5.74, 6) is 1.04. The number of nitrogens with zero attached hydrogens (tertiary/aromatic N) is 1. The molecule has 0 saturated heterocycles. The number of benzene rings is 2. The van der Waals surface area contributed by atoms with Crippen molar-refractivity contribution in [2.75, 3.05) is 6.61 Å². The summed E-state index contributed by atoms with van der Waals surface area (Å²) in [4.78, 5) is 11.8. The third-order valence-corrected chi connectivity index (χ3v) is 4.67. The summed E-state index contributed by atoms with van der Waals surface area (Å²) < 4.78 is 6.17. The van der Waals surface area contributed by atoms with Crippen molar-refractivity contribution in [2.45, 2.75) is 26.2 Å². The highest BCUT2D eigenvalue weighted by Gasteiger charge is 2.05. The predicted octanol–water partition coefficient (Wildman–Crippen LogP) is 4.04. The van der Waals surface area contributed by atoms with Crippen molar-refractivity contribution in [3.63, 3.8) is 0 Å². The van der Waals surface area contributed by atoms with Crippen LogP contribution in [0.2, 0.25) is 0 Å². The molecule has 1 atom stereocenters. The predicted molar refractivity (Wildman–Crippen MR) is 107 cm³/mol. The first-order valence-electron chi connectivity index (χ1n) is 8.02. The van der Waals surface area contributed by atoms with Crippen LogP contribution in [0.1, 0.15) is 37.3 Å². The quantitative estimate of drug-likeness (QED) is 0.379. The first-order chi connectivity index (χ1) is 12.0. The van der Waals surface area contributed by atoms with Gasteiger partial charge in [-0.25, -0.2) is 5.43 Å². The maximum Gasteiger partial charge on any atom is 0.277 e. The monoisotopic (exact) mass is 452 g/mol. The van der Waals surface area contributed by atoms with Gasteiger partial charge in [-0.3, -0.25) is 4.79 Å². The lowest BCUT2D eigenvalue weighted by Crippen LogP contribution is -2.24. The summed E-state index contributed by atoms with van der Waals surface area (Å²) in [6.07, 6.45) is 2.60. The number of aromatic hydroxyl groups is 1. The van der Waals surface area contributed by atoms with Crippen LogP contribution in [0.5, 0.6) is 11.5 Å². The second kappa shape index (κ2) is 9.41. The molecule has 0 heterocycles. The summed E-state index contributed by atoms with van der Waals surface area (Å²) in [6.45, 7) is 4.22. The topological polar surface area (TPSA) is 70.9 Å². The number of rotatable bonds is 7. The summed E-state index contributed by atoms with van der Waals surface area (Å²) in [7, 11) is 0. The normalized spacial score (nSPS) is 12.1. The van der Waals surface area contributed by atoms with E-state index in [2.05, 4.69) is 24.4 Å². The highest BCUT2D eigenvalue weighted by Crippen LogP contribution is 2.21. The first kappa shape index (κ1) is 19.2. The van der Waals surface area contributed by atoms with Gasteiger partial charge in [0.25, 0.3) is 5.91 Å². The summed E-state index contributed by atoms with van der Waals surface area (Å²) in [5, 5.41) is 13.3. The number of hydrogen-bond donors (Lipinski definition) is 2. The molecule has 0 aromatic heterocycles. The van der Waals surface area contributed by atoms with E-state index in [0.29, 0.717) is 11.7 Å². The van der Waals surface area contributed by atoms with Gasteiger partial charge in [-0.15, -0.1) is 0 Å². The molecule has 2 N–H and O–H groups in total. The van der Waals surface area contributed by atoms with Gasteiger partial charge in [-0.1, -0.05) is 26.0 Å². The fraction of sp³-hybridized carbons (Fsp3) is 0.263. The van der Waals surface area contributed by atoms with Gasteiger partial charge < -0.3 is 9.84 Å². The van der Waals surface area contributed by atoms with Gasteiger partial charge in [0.2, 0.25) is 0 Å². The number of carbonyl (C=O) groups excluding carboxylic acids is 1. The molecule has 6 heteroatoms. The molecule has 2 rings (SSSR count). The molecule has 0 bridgehead atoms.